The lowest BCUT2D eigenvalue weighted by atomic mass is 10.1. The highest BCUT2D eigenvalue weighted by Gasteiger charge is 2.26. The van der Waals surface area contributed by atoms with E-state index in [1.807, 2.05) is 42.5 Å². The average molecular weight is 380 g/mol. The third kappa shape index (κ3) is 4.21. The molecule has 0 aliphatic carbocycles. The van der Waals surface area contributed by atoms with E-state index < -0.39 is 0 Å². The molecule has 1 aromatic heterocycles. The molecule has 1 fully saturated rings. The van der Waals surface area contributed by atoms with Gasteiger partial charge in [-0.05, 0) is 29.8 Å². The number of nitrogens with one attached hydrogen (secondary N) is 1. The molecule has 1 aliphatic heterocycles. The molecule has 1 saturated heterocycles. The molecule has 5 heteroatoms. The van der Waals surface area contributed by atoms with E-state index in [1.165, 1.54) is 4.88 Å². The van der Waals surface area contributed by atoms with Crippen LogP contribution < -0.4 is 5.32 Å². The zero-order valence-corrected chi connectivity index (χ0v) is 16.4. The summed E-state index contributed by atoms with van der Waals surface area (Å²) < 4.78 is 0. The van der Waals surface area contributed by atoms with E-state index in [4.69, 9.17) is 0 Å². The number of hydrogen-bond acceptors (Lipinski definition) is 4. The van der Waals surface area contributed by atoms with Crippen molar-refractivity contribution in [2.45, 2.75) is 19.5 Å². The van der Waals surface area contributed by atoms with E-state index in [0.29, 0.717) is 0 Å². The minimum atomic E-state index is -0.132. The van der Waals surface area contributed by atoms with E-state index in [-0.39, 0.29) is 11.9 Å². The minimum absolute atomic E-state index is 0.0676. The lowest BCUT2D eigenvalue weighted by molar-refractivity contribution is -0.121. The maximum Gasteiger partial charge on any atom is 0.241 e. The van der Waals surface area contributed by atoms with Crippen molar-refractivity contribution in [3.8, 4) is 0 Å². The highest BCUT2D eigenvalue weighted by Crippen LogP contribution is 2.23. The topological polar surface area (TPSA) is 35.6 Å². The molecule has 4 rings (SSSR count). The molecule has 1 atom stereocenters. The Labute approximate surface area is 164 Å². The lowest BCUT2D eigenvalue weighted by Gasteiger charge is -2.37. The van der Waals surface area contributed by atoms with Crippen molar-refractivity contribution >= 4 is 33.7 Å². The first-order valence-electron chi connectivity index (χ1n) is 9.48. The number of nitrogens with zero attached hydrogens (tertiary/aromatic N) is 2. The molecular weight excluding hydrogens is 354 g/mol. The summed E-state index contributed by atoms with van der Waals surface area (Å²) in [5.41, 5.74) is 0.890. The molecule has 0 radical (unpaired) electrons. The number of rotatable bonds is 5. The number of amides is 1. The molecule has 2 heterocycles. The second-order valence-corrected chi connectivity index (χ2v) is 8.12. The van der Waals surface area contributed by atoms with Gasteiger partial charge in [-0.2, -0.15) is 0 Å². The zero-order valence-electron chi connectivity index (χ0n) is 15.6. The van der Waals surface area contributed by atoms with Crippen LogP contribution in [0.4, 0.5) is 5.69 Å². The van der Waals surface area contributed by atoms with Crippen LogP contribution in [0, 0.1) is 0 Å². The first kappa shape index (κ1) is 18.2. The Hall–Kier alpha value is -2.21. The highest BCUT2D eigenvalue weighted by molar-refractivity contribution is 7.09. The molecule has 0 spiro atoms. The summed E-state index contributed by atoms with van der Waals surface area (Å²) >= 11 is 1.81. The number of benzene rings is 2. The summed E-state index contributed by atoms with van der Waals surface area (Å²) in [4.78, 5) is 19.0. The van der Waals surface area contributed by atoms with Crippen molar-refractivity contribution in [2.75, 3.05) is 31.5 Å². The largest absolute Gasteiger partial charge is 0.324 e. The third-order valence-electron chi connectivity index (χ3n) is 5.34. The maximum atomic E-state index is 12.8. The first-order valence-corrected chi connectivity index (χ1v) is 10.4. The Bertz CT molecular complexity index is 896. The van der Waals surface area contributed by atoms with Crippen LogP contribution in [0.25, 0.3) is 10.8 Å². The van der Waals surface area contributed by atoms with Crippen LogP contribution in [-0.2, 0) is 11.3 Å². The van der Waals surface area contributed by atoms with Gasteiger partial charge in [0, 0.05) is 48.7 Å². The number of fused-ring (bicyclic) bond motifs is 1. The van der Waals surface area contributed by atoms with Crippen LogP contribution in [-0.4, -0.2) is 47.9 Å². The molecule has 1 aliphatic rings. The average Bonchev–Trinajstić information content (AvgIpc) is 3.21. The molecule has 3 aromatic rings. The highest BCUT2D eigenvalue weighted by atomic mass is 32.1. The summed E-state index contributed by atoms with van der Waals surface area (Å²) in [5.74, 6) is 0.0676. The molecule has 0 bridgehead atoms. The van der Waals surface area contributed by atoms with Crippen LogP contribution in [0.1, 0.15) is 11.8 Å². The molecule has 4 nitrogen and oxygen atoms in total. The monoisotopic (exact) mass is 379 g/mol. The summed E-state index contributed by atoms with van der Waals surface area (Å²) in [6.07, 6.45) is 0. The first-order chi connectivity index (χ1) is 13.2. The fourth-order valence-corrected chi connectivity index (χ4v) is 4.42. The smallest absolute Gasteiger partial charge is 0.241 e. The van der Waals surface area contributed by atoms with Crippen LogP contribution in [0.15, 0.2) is 60.0 Å². The molecule has 1 amide bonds. The van der Waals surface area contributed by atoms with Crippen molar-refractivity contribution < 1.29 is 4.79 Å². The molecular formula is C22H25N3OS. The number of carbonyl (C=O) groups excluding carboxylic acids is 1. The van der Waals surface area contributed by atoms with Crippen molar-refractivity contribution in [1.29, 1.82) is 0 Å². The van der Waals surface area contributed by atoms with Gasteiger partial charge in [0.25, 0.3) is 0 Å². The predicted octanol–water partition coefficient (Wildman–Crippen LogP) is 4.05. The van der Waals surface area contributed by atoms with Gasteiger partial charge in [-0.1, -0.05) is 42.5 Å². The zero-order chi connectivity index (χ0) is 18.6. The SMILES string of the molecule is C[C@H](C(=O)Nc1cccc2ccccc12)N1CCN(Cc2cccs2)CC1. The second-order valence-electron chi connectivity index (χ2n) is 7.08. The van der Waals surface area contributed by atoms with Gasteiger partial charge < -0.3 is 5.32 Å². The van der Waals surface area contributed by atoms with E-state index >= 15 is 0 Å². The van der Waals surface area contributed by atoms with E-state index in [2.05, 4.69) is 50.8 Å². The minimum Gasteiger partial charge on any atom is -0.324 e. The van der Waals surface area contributed by atoms with Gasteiger partial charge in [-0.25, -0.2) is 0 Å². The van der Waals surface area contributed by atoms with Gasteiger partial charge in [0.2, 0.25) is 5.91 Å². The van der Waals surface area contributed by atoms with Crippen LogP contribution in [0.5, 0.6) is 0 Å². The van der Waals surface area contributed by atoms with Crippen LogP contribution in [0.3, 0.4) is 0 Å². The second kappa shape index (κ2) is 8.21. The molecule has 1 N–H and O–H groups in total. The number of hydrogen-bond donors (Lipinski definition) is 1. The number of anilines is 1. The van der Waals surface area contributed by atoms with Gasteiger partial charge in [0.15, 0.2) is 0 Å². The van der Waals surface area contributed by atoms with Crippen LogP contribution in [0.2, 0.25) is 0 Å². The fourth-order valence-electron chi connectivity index (χ4n) is 3.67. The summed E-state index contributed by atoms with van der Waals surface area (Å²) in [5, 5.41) is 7.50. The fraction of sp³-hybridized carbons (Fsp3) is 0.318. The standard InChI is InChI=1S/C22H25N3OS/c1-17(25-13-11-24(12-14-25)16-19-8-5-15-27-19)22(26)23-21-10-4-7-18-6-2-3-9-20(18)21/h2-10,15,17H,11-14,16H2,1H3,(H,23,26)/t17-/m1/s1. The molecule has 0 saturated carbocycles. The number of thiophene rings is 1. The van der Waals surface area contributed by atoms with Gasteiger partial charge in [0.05, 0.1) is 6.04 Å². The molecule has 27 heavy (non-hydrogen) atoms. The van der Waals surface area contributed by atoms with Crippen molar-refractivity contribution in [2.24, 2.45) is 0 Å². The van der Waals surface area contributed by atoms with Gasteiger partial charge in [-0.3, -0.25) is 14.6 Å². The third-order valence-corrected chi connectivity index (χ3v) is 6.20. The van der Waals surface area contributed by atoms with E-state index in [0.717, 1.165) is 49.2 Å². The maximum absolute atomic E-state index is 12.8. The summed E-state index contributed by atoms with van der Waals surface area (Å²) in [7, 11) is 0. The lowest BCUT2D eigenvalue weighted by Crippen LogP contribution is -2.52. The predicted molar refractivity (Wildman–Crippen MR) is 113 cm³/mol. The Kier molecular flexibility index (Phi) is 5.53. The van der Waals surface area contributed by atoms with Crippen molar-refractivity contribution in [3.05, 3.63) is 64.9 Å². The number of carbonyl (C=O) groups is 1. The normalized spacial score (nSPS) is 17.1. The van der Waals surface area contributed by atoms with E-state index in [9.17, 15) is 4.79 Å². The summed E-state index contributed by atoms with van der Waals surface area (Å²) in [6.45, 7) is 6.88. The Morgan fingerprint density at radius 3 is 2.59 bits per heavy atom. The van der Waals surface area contributed by atoms with Crippen LogP contribution >= 0.6 is 11.3 Å². The molecule has 140 valence electrons. The van der Waals surface area contributed by atoms with Crippen molar-refractivity contribution in [1.82, 2.24) is 9.80 Å². The number of piperazine rings is 1. The molecule has 2 aromatic carbocycles. The van der Waals surface area contributed by atoms with Gasteiger partial charge in [-0.15, -0.1) is 11.3 Å². The summed E-state index contributed by atoms with van der Waals surface area (Å²) in [6, 6.07) is 18.4. The van der Waals surface area contributed by atoms with Crippen molar-refractivity contribution in [3.63, 3.8) is 0 Å². The van der Waals surface area contributed by atoms with Gasteiger partial charge >= 0.3 is 0 Å². The Morgan fingerprint density at radius 2 is 1.81 bits per heavy atom. The molecule has 0 unspecified atom stereocenters. The van der Waals surface area contributed by atoms with Gasteiger partial charge in [0.1, 0.15) is 0 Å². The van der Waals surface area contributed by atoms with E-state index in [1.54, 1.807) is 0 Å². The Morgan fingerprint density at radius 1 is 1.04 bits per heavy atom. The Balaban J connectivity index is 1.35. The quantitative estimate of drug-likeness (QED) is 0.727.